The van der Waals surface area contributed by atoms with Crippen LogP contribution in [-0.2, 0) is 29.2 Å². The van der Waals surface area contributed by atoms with Gasteiger partial charge in [-0.15, -0.1) is 6.58 Å². The first-order valence-electron chi connectivity index (χ1n) is 17.7. The third-order valence-electron chi connectivity index (χ3n) is 10.2. The van der Waals surface area contributed by atoms with Crippen LogP contribution in [-0.4, -0.2) is 90.2 Å². The van der Waals surface area contributed by atoms with Gasteiger partial charge in [0, 0.05) is 23.9 Å². The molecule has 7 rings (SSSR count). The topological polar surface area (TPSA) is 182 Å². The first-order chi connectivity index (χ1) is 25.2. The molecule has 3 heterocycles. The number of fused-ring (bicyclic) bond motifs is 2. The molecule has 4 aliphatic rings. The lowest BCUT2D eigenvalue weighted by Crippen LogP contribution is -2.61. The minimum Gasteiger partial charge on any atom is -0.485 e. The van der Waals surface area contributed by atoms with Gasteiger partial charge in [0.25, 0.3) is 11.8 Å². The van der Waals surface area contributed by atoms with Crippen molar-refractivity contribution in [2.24, 2.45) is 11.3 Å². The molecule has 0 unspecified atom stereocenters. The molecule has 3 N–H and O–H groups in total. The van der Waals surface area contributed by atoms with Crippen LogP contribution in [0.15, 0.2) is 73.4 Å². The van der Waals surface area contributed by atoms with Crippen molar-refractivity contribution < 1.29 is 41.8 Å². The Kier molecular flexibility index (Phi) is 9.33. The lowest BCUT2D eigenvalue weighted by molar-refractivity contribution is -0.146. The molecule has 15 heteroatoms. The summed E-state index contributed by atoms with van der Waals surface area (Å²) in [4.78, 5) is 61.9. The van der Waals surface area contributed by atoms with Crippen LogP contribution in [0.2, 0.25) is 0 Å². The second kappa shape index (κ2) is 13.7. The molecular weight excluding hydrogens is 703 g/mol. The van der Waals surface area contributed by atoms with Crippen LogP contribution in [0.5, 0.6) is 17.4 Å². The molecule has 14 nitrogen and oxygen atoms in total. The zero-order chi connectivity index (χ0) is 37.7. The molecule has 1 aromatic heterocycles. The van der Waals surface area contributed by atoms with Gasteiger partial charge in [-0.3, -0.25) is 23.9 Å². The number of ether oxygens (including phenoxy) is 3. The number of carbonyl (C=O) groups is 4. The van der Waals surface area contributed by atoms with Gasteiger partial charge in [0.05, 0.1) is 11.8 Å². The van der Waals surface area contributed by atoms with Gasteiger partial charge in [-0.1, -0.05) is 57.2 Å². The number of nitrogens with one attached hydrogen (secondary N) is 3. The maximum absolute atomic E-state index is 14.7. The molecule has 0 radical (unpaired) electrons. The number of hydrogen-bond acceptors (Lipinski definition) is 10. The summed E-state index contributed by atoms with van der Waals surface area (Å²) >= 11 is 0. The Hall–Kier alpha value is -5.18. The molecule has 3 aromatic rings. The van der Waals surface area contributed by atoms with Gasteiger partial charge in [0.2, 0.25) is 33.8 Å². The lowest BCUT2D eigenvalue weighted by Gasteiger charge is -2.36. The van der Waals surface area contributed by atoms with Gasteiger partial charge in [-0.25, -0.2) is 13.4 Å². The summed E-state index contributed by atoms with van der Waals surface area (Å²) in [6.07, 6.45) is 2.45. The lowest BCUT2D eigenvalue weighted by atomic mass is 9.85. The van der Waals surface area contributed by atoms with E-state index in [0.717, 1.165) is 10.8 Å². The molecule has 280 valence electrons. The van der Waals surface area contributed by atoms with Crippen molar-refractivity contribution >= 4 is 44.4 Å². The second-order valence-corrected chi connectivity index (χ2v) is 17.1. The predicted molar refractivity (Wildman–Crippen MR) is 193 cm³/mol. The van der Waals surface area contributed by atoms with E-state index in [4.69, 9.17) is 14.2 Å². The third-order valence-corrected chi connectivity index (χ3v) is 12.0. The molecule has 0 spiro atoms. The number of para-hydroxylation sites is 2. The number of sulfonamides is 1. The Bertz CT molecular complexity index is 2080. The van der Waals surface area contributed by atoms with Gasteiger partial charge in [-0.05, 0) is 54.3 Å². The highest BCUT2D eigenvalue weighted by Gasteiger charge is 2.62. The number of likely N-dealkylation sites (tertiary alicyclic amines) is 1. The van der Waals surface area contributed by atoms with E-state index < -0.39 is 80.1 Å². The number of benzene rings is 2. The van der Waals surface area contributed by atoms with Crippen molar-refractivity contribution in [2.75, 3.05) is 13.2 Å². The van der Waals surface area contributed by atoms with Crippen molar-refractivity contribution in [3.05, 3.63) is 73.4 Å². The molecular formula is C38H43N5O9S. The third kappa shape index (κ3) is 7.26. The van der Waals surface area contributed by atoms with E-state index in [1.54, 1.807) is 51.2 Å². The fourth-order valence-electron chi connectivity index (χ4n) is 6.94. The molecule has 2 aromatic carbocycles. The van der Waals surface area contributed by atoms with E-state index in [2.05, 4.69) is 26.9 Å². The molecule has 0 bridgehead atoms. The minimum atomic E-state index is -3.90. The number of carbonyl (C=O) groups excluding carboxylic acids is 4. The van der Waals surface area contributed by atoms with E-state index in [0.29, 0.717) is 30.2 Å². The molecule has 2 saturated carbocycles. The summed E-state index contributed by atoms with van der Waals surface area (Å²) in [5.41, 5.74) is -2.39. The first kappa shape index (κ1) is 36.2. The highest BCUT2D eigenvalue weighted by Crippen LogP contribution is 2.45. The van der Waals surface area contributed by atoms with E-state index in [1.165, 1.54) is 11.0 Å². The van der Waals surface area contributed by atoms with Crippen LogP contribution in [0.25, 0.3) is 10.8 Å². The van der Waals surface area contributed by atoms with Crippen LogP contribution in [0.3, 0.4) is 0 Å². The van der Waals surface area contributed by atoms with Crippen molar-refractivity contribution in [1.29, 1.82) is 0 Å². The molecule has 2 aliphatic carbocycles. The van der Waals surface area contributed by atoms with Gasteiger partial charge in [0.1, 0.15) is 30.3 Å². The Morgan fingerprint density at radius 2 is 1.75 bits per heavy atom. The summed E-state index contributed by atoms with van der Waals surface area (Å²) in [5.74, 6) is -1.93. The van der Waals surface area contributed by atoms with Gasteiger partial charge < -0.3 is 29.7 Å². The maximum Gasteiger partial charge on any atom is 0.265 e. The molecule has 4 amide bonds. The van der Waals surface area contributed by atoms with E-state index in [1.807, 2.05) is 30.3 Å². The summed E-state index contributed by atoms with van der Waals surface area (Å²) < 4.78 is 45.6. The molecule has 1 saturated heterocycles. The number of nitrogens with zero attached hydrogens (tertiary/aromatic N) is 2. The number of amides is 4. The highest BCUT2D eigenvalue weighted by atomic mass is 32.2. The van der Waals surface area contributed by atoms with Crippen molar-refractivity contribution in [3.8, 4) is 17.4 Å². The Morgan fingerprint density at radius 1 is 1.04 bits per heavy atom. The van der Waals surface area contributed by atoms with E-state index in [9.17, 15) is 27.6 Å². The zero-order valence-corrected chi connectivity index (χ0v) is 30.6. The van der Waals surface area contributed by atoms with Gasteiger partial charge in [-0.2, -0.15) is 0 Å². The van der Waals surface area contributed by atoms with Gasteiger partial charge >= 0.3 is 0 Å². The molecule has 53 heavy (non-hydrogen) atoms. The monoisotopic (exact) mass is 745 g/mol. The Labute approximate surface area is 307 Å². The van der Waals surface area contributed by atoms with Crippen molar-refractivity contribution in [3.63, 3.8) is 0 Å². The summed E-state index contributed by atoms with van der Waals surface area (Å²) in [6, 6.07) is 14.1. The fraction of sp³-hybridized carbons (Fsp3) is 0.447. The average molecular weight is 746 g/mol. The zero-order valence-electron chi connectivity index (χ0n) is 29.7. The minimum absolute atomic E-state index is 0.0282. The number of aromatic nitrogens is 1. The van der Waals surface area contributed by atoms with Crippen LogP contribution in [0, 0.1) is 11.3 Å². The van der Waals surface area contributed by atoms with Crippen LogP contribution in [0.4, 0.5) is 0 Å². The standard InChI is InChI=1S/C38H43N5O9S/c1-5-23-19-38(23,36(47)42-53(48,49)25-14-15-25)41-32(44)27-18-24(51-34-26-11-7-6-10-22(26)16-17-39-34)20-43(27)35(46)31(37(2,3)4)40-33(45)30-21-50-28-12-8-9-13-29(28)52-30/h5-13,16-17,23-25,27,30-31H,1,14-15,18-21H2,2-4H3,(H,40,45)(H,41,44)(H,42,47)/t23-,24-,27+,30+,31-,38-/m1/s1. The normalized spacial score (nSPS) is 25.5. The summed E-state index contributed by atoms with van der Waals surface area (Å²) in [5, 5.41) is 6.64. The maximum atomic E-state index is 14.7. The summed E-state index contributed by atoms with van der Waals surface area (Å²) in [7, 11) is -3.90. The molecule has 2 aliphatic heterocycles. The van der Waals surface area contributed by atoms with Crippen LogP contribution < -0.4 is 29.6 Å². The smallest absolute Gasteiger partial charge is 0.265 e. The molecule has 6 atom stereocenters. The summed E-state index contributed by atoms with van der Waals surface area (Å²) in [6.45, 7) is 9.04. The van der Waals surface area contributed by atoms with Crippen LogP contribution >= 0.6 is 0 Å². The Balaban J connectivity index is 1.15. The van der Waals surface area contributed by atoms with E-state index >= 15 is 0 Å². The van der Waals surface area contributed by atoms with Crippen molar-refractivity contribution in [1.82, 2.24) is 25.2 Å². The quantitative estimate of drug-likeness (QED) is 0.247. The fourth-order valence-corrected chi connectivity index (χ4v) is 8.30. The largest absolute Gasteiger partial charge is 0.485 e. The number of hydrogen-bond donors (Lipinski definition) is 3. The highest BCUT2D eigenvalue weighted by molar-refractivity contribution is 7.91. The van der Waals surface area contributed by atoms with Gasteiger partial charge in [0.15, 0.2) is 11.5 Å². The Morgan fingerprint density at radius 3 is 2.45 bits per heavy atom. The van der Waals surface area contributed by atoms with E-state index in [-0.39, 0.29) is 26.0 Å². The van der Waals surface area contributed by atoms with Crippen molar-refractivity contribution in [2.45, 2.75) is 81.5 Å². The van der Waals surface area contributed by atoms with Crippen LogP contribution in [0.1, 0.15) is 46.5 Å². The second-order valence-electron chi connectivity index (χ2n) is 15.2. The number of rotatable bonds is 11. The first-order valence-corrected chi connectivity index (χ1v) is 19.2. The average Bonchev–Trinajstić information content (AvgIpc) is 4.06. The number of pyridine rings is 1. The predicted octanol–water partition coefficient (Wildman–Crippen LogP) is 2.62. The SMILES string of the molecule is C=C[C@@H]1C[C@]1(NC(=O)[C@@H]1C[C@@H](Oc2nccc3ccccc23)CN1C(=O)[C@@H](NC(=O)[C@@H]1COc2ccccc2O1)C(C)(C)C)C(=O)NS(=O)(=O)C1CC1. The molecule has 3 fully saturated rings.